The van der Waals surface area contributed by atoms with Gasteiger partial charge in [-0.25, -0.2) is 12.0 Å². The van der Waals surface area contributed by atoms with E-state index in [4.69, 9.17) is 0 Å². The molecule has 18 heavy (non-hydrogen) atoms. The molecule has 0 amide bonds. The van der Waals surface area contributed by atoms with Gasteiger partial charge in [-0.2, -0.15) is 5.57 Å². The molecule has 3 aliphatic rings. The Balaban J connectivity index is 0. The third-order valence-electron chi connectivity index (χ3n) is 4.21. The topological polar surface area (TPSA) is 0 Å². The van der Waals surface area contributed by atoms with Crippen LogP contribution >= 0.6 is 0 Å². The van der Waals surface area contributed by atoms with Crippen molar-refractivity contribution >= 4 is 0 Å². The molecule has 0 bridgehead atoms. The molecule has 0 saturated carbocycles. The molecular weight excluding hydrogens is 322 g/mol. The Bertz CT molecular complexity index is 302. The molecule has 1 atom stereocenters. The summed E-state index contributed by atoms with van der Waals surface area (Å²) >= 11 is 0. The van der Waals surface area contributed by atoms with Gasteiger partial charge in [-0.15, -0.1) is 12.0 Å². The summed E-state index contributed by atoms with van der Waals surface area (Å²) < 4.78 is 0. The van der Waals surface area contributed by atoms with Crippen molar-refractivity contribution in [1.29, 1.82) is 0 Å². The quantitative estimate of drug-likeness (QED) is 0.307. The summed E-state index contributed by atoms with van der Waals surface area (Å²) in [5.74, 6) is 0.778. The van der Waals surface area contributed by atoms with Crippen LogP contribution in [0.5, 0.6) is 0 Å². The van der Waals surface area contributed by atoms with E-state index in [2.05, 4.69) is 13.3 Å². The largest absolute Gasteiger partial charge is 4.00 e. The van der Waals surface area contributed by atoms with E-state index in [0.29, 0.717) is 0 Å². The van der Waals surface area contributed by atoms with Crippen LogP contribution in [0.15, 0.2) is 22.3 Å². The van der Waals surface area contributed by atoms with Gasteiger partial charge in [0.05, 0.1) is 0 Å². The predicted molar refractivity (Wildman–Crippen MR) is 59.8 cm³/mol. The molecule has 3 rings (SSSR count). The normalized spacial score (nSPS) is 24.4. The van der Waals surface area contributed by atoms with Crippen LogP contribution < -0.4 is 37.2 Å². The minimum Gasteiger partial charge on any atom is -1.00 e. The second-order valence-corrected chi connectivity index (χ2v) is 4.96. The zero-order chi connectivity index (χ0) is 9.54. The third-order valence-corrected chi connectivity index (χ3v) is 4.21. The van der Waals surface area contributed by atoms with E-state index in [1.165, 1.54) is 44.9 Å². The smallest absolute Gasteiger partial charge is 1.00 e. The second-order valence-electron chi connectivity index (χ2n) is 4.96. The van der Waals surface area contributed by atoms with Crippen LogP contribution in [0, 0.1) is 12.3 Å². The van der Waals surface area contributed by atoms with Crippen molar-refractivity contribution in [3.05, 3.63) is 28.7 Å². The summed E-state index contributed by atoms with van der Waals surface area (Å²) in [6, 6.07) is 0. The maximum absolute atomic E-state index is 2.52. The Morgan fingerprint density at radius 3 is 2.22 bits per heavy atom. The van der Waals surface area contributed by atoms with Gasteiger partial charge in [-0.05, 0) is 25.2 Å². The molecule has 0 aromatic carbocycles. The number of halogens is 3. The zero-order valence-corrected chi connectivity index (χ0v) is 14.6. The Hall–Kier alpha value is 0.934. The van der Waals surface area contributed by atoms with E-state index in [9.17, 15) is 0 Å². The Morgan fingerprint density at radius 1 is 0.889 bits per heavy atom. The van der Waals surface area contributed by atoms with Crippen LogP contribution in [-0.4, -0.2) is 0 Å². The van der Waals surface area contributed by atoms with Crippen LogP contribution in [0.4, 0.5) is 0 Å². The predicted octanol–water partition coefficient (Wildman–Crippen LogP) is -4.80. The van der Waals surface area contributed by atoms with Crippen LogP contribution in [0.25, 0.3) is 0 Å². The van der Waals surface area contributed by atoms with E-state index in [0.717, 1.165) is 5.92 Å². The molecule has 1 unspecified atom stereocenters. The molecule has 0 fully saturated rings. The average molecular weight is 342 g/mol. The van der Waals surface area contributed by atoms with Gasteiger partial charge >= 0.3 is 21.7 Å². The molecule has 0 aliphatic heterocycles. The van der Waals surface area contributed by atoms with E-state index >= 15 is 0 Å². The summed E-state index contributed by atoms with van der Waals surface area (Å²) in [6.45, 7) is 2.42. The SMILES string of the molecule is CC1C2=C(CCC[CH-]2)C2=C1CCCC2.[Cl-].[Cl-].[Cl-].[Ti+4]. The molecule has 0 heterocycles. The number of allylic oxidation sites excluding steroid dienone is 4. The zero-order valence-electron chi connectivity index (χ0n) is 10.7. The minimum atomic E-state index is 0. The molecule has 0 radical (unpaired) electrons. The fourth-order valence-electron chi connectivity index (χ4n) is 3.51. The number of hydrogen-bond acceptors (Lipinski definition) is 0. The van der Waals surface area contributed by atoms with Crippen molar-refractivity contribution in [3.8, 4) is 0 Å². The van der Waals surface area contributed by atoms with Gasteiger partial charge in [0, 0.05) is 0 Å². The van der Waals surface area contributed by atoms with Crippen molar-refractivity contribution in [1.82, 2.24) is 0 Å². The third kappa shape index (κ3) is 3.52. The van der Waals surface area contributed by atoms with Gasteiger partial charge in [0.1, 0.15) is 0 Å². The van der Waals surface area contributed by atoms with Gasteiger partial charge in [0.25, 0.3) is 0 Å². The van der Waals surface area contributed by atoms with E-state index in [1.54, 1.807) is 22.3 Å². The van der Waals surface area contributed by atoms with Crippen molar-refractivity contribution in [2.24, 2.45) is 5.92 Å². The van der Waals surface area contributed by atoms with Crippen LogP contribution in [0.2, 0.25) is 0 Å². The summed E-state index contributed by atoms with van der Waals surface area (Å²) in [7, 11) is 0. The minimum absolute atomic E-state index is 0. The molecule has 0 saturated heterocycles. The van der Waals surface area contributed by atoms with Crippen LogP contribution in [-0.2, 0) is 21.7 Å². The Morgan fingerprint density at radius 2 is 1.50 bits per heavy atom. The fraction of sp³-hybridized carbons (Fsp3) is 0.643. The summed E-state index contributed by atoms with van der Waals surface area (Å²) in [6.07, 6.45) is 12.2. The van der Waals surface area contributed by atoms with Gasteiger partial charge in [0.15, 0.2) is 0 Å². The monoisotopic (exact) mass is 340 g/mol. The number of fused-ring (bicyclic) bond motifs is 1. The van der Waals surface area contributed by atoms with E-state index in [1.807, 2.05) is 0 Å². The second kappa shape index (κ2) is 8.98. The molecule has 100 valence electrons. The number of hydrogen-bond donors (Lipinski definition) is 0. The molecule has 3 aliphatic carbocycles. The average Bonchev–Trinajstić information content (AvgIpc) is 2.55. The van der Waals surface area contributed by atoms with Crippen molar-refractivity contribution in [2.45, 2.75) is 51.9 Å². The van der Waals surface area contributed by atoms with Gasteiger partial charge in [-0.3, -0.25) is 0 Å². The first-order chi connectivity index (χ1) is 6.88. The number of rotatable bonds is 0. The van der Waals surface area contributed by atoms with Crippen molar-refractivity contribution in [2.75, 3.05) is 0 Å². The van der Waals surface area contributed by atoms with E-state index < -0.39 is 0 Å². The molecule has 0 spiro atoms. The molecule has 0 aromatic heterocycles. The molecular formula is C14H19Cl3Ti. The van der Waals surface area contributed by atoms with Gasteiger partial charge < -0.3 is 37.2 Å². The first-order valence-corrected chi connectivity index (χ1v) is 6.16. The maximum atomic E-state index is 2.52. The first kappa shape index (κ1) is 21.2. The Kier molecular flexibility index (Phi) is 10.6. The summed E-state index contributed by atoms with van der Waals surface area (Å²) in [4.78, 5) is 0. The van der Waals surface area contributed by atoms with Gasteiger partial charge in [-0.1, -0.05) is 31.8 Å². The maximum Gasteiger partial charge on any atom is 4.00 e. The standard InChI is InChI=1S/C14H19.3ClH.Ti/c1-10-11-6-2-4-8-13(11)14-9-5-3-7-12(10)14;;;;/h6,10H,2-5,7-9H2,1H3;3*1H;/q-1;;;;+4/p-3. The van der Waals surface area contributed by atoms with Crippen LogP contribution in [0.1, 0.15) is 51.9 Å². The molecule has 0 N–H and O–H groups in total. The van der Waals surface area contributed by atoms with Crippen molar-refractivity contribution < 1.29 is 58.9 Å². The summed E-state index contributed by atoms with van der Waals surface area (Å²) in [5.41, 5.74) is 7.07. The fourth-order valence-corrected chi connectivity index (χ4v) is 3.51. The van der Waals surface area contributed by atoms with Gasteiger partial charge in [0.2, 0.25) is 0 Å². The Labute approximate surface area is 145 Å². The van der Waals surface area contributed by atoms with E-state index in [-0.39, 0.29) is 58.9 Å². The molecule has 4 heteroatoms. The van der Waals surface area contributed by atoms with Crippen LogP contribution in [0.3, 0.4) is 0 Å². The molecule has 0 nitrogen and oxygen atoms in total. The van der Waals surface area contributed by atoms with Crippen molar-refractivity contribution in [3.63, 3.8) is 0 Å². The molecule has 0 aromatic rings. The summed E-state index contributed by atoms with van der Waals surface area (Å²) in [5, 5.41) is 0. The first-order valence-electron chi connectivity index (χ1n) is 6.16.